The Morgan fingerprint density at radius 3 is 2.38 bits per heavy atom. The second-order valence-corrected chi connectivity index (χ2v) is 5.48. The van der Waals surface area contributed by atoms with Gasteiger partial charge >= 0.3 is 5.97 Å². The quantitative estimate of drug-likeness (QED) is 0.430. The number of thioether (sulfide) groups is 1. The highest BCUT2D eigenvalue weighted by atomic mass is 32.2. The van der Waals surface area contributed by atoms with Gasteiger partial charge in [-0.2, -0.15) is 0 Å². The molecule has 0 aromatic heterocycles. The molecule has 0 saturated heterocycles. The Balaban J connectivity index is 3.27. The lowest BCUT2D eigenvalue weighted by molar-refractivity contribution is -0.142. The fraction of sp³-hybridized carbons (Fsp3) is 0.923. The molecule has 0 aromatic rings. The van der Waals surface area contributed by atoms with Gasteiger partial charge in [0.2, 0.25) is 0 Å². The maximum Gasteiger partial charge on any atom is 0.318 e. The molecular weight excluding hydrogens is 220 g/mol. The molecule has 0 amide bonds. The molecule has 0 aliphatic rings. The van der Waals surface area contributed by atoms with Crippen molar-refractivity contribution in [2.45, 2.75) is 64.5 Å². The lowest BCUT2D eigenvalue weighted by atomic mass is 10.1. The minimum Gasteiger partial charge on any atom is -0.465 e. The predicted molar refractivity (Wildman–Crippen MR) is 71.9 cm³/mol. The summed E-state index contributed by atoms with van der Waals surface area (Å²) < 4.78 is 4.95. The third kappa shape index (κ3) is 9.08. The van der Waals surface area contributed by atoms with Crippen molar-refractivity contribution in [3.8, 4) is 0 Å². The maximum atomic E-state index is 11.3. The average molecular weight is 246 g/mol. The fourth-order valence-corrected chi connectivity index (χ4v) is 2.40. The van der Waals surface area contributed by atoms with E-state index in [0.29, 0.717) is 6.61 Å². The normalized spacial score (nSPS) is 12.4. The van der Waals surface area contributed by atoms with Gasteiger partial charge in [-0.3, -0.25) is 4.79 Å². The van der Waals surface area contributed by atoms with E-state index in [9.17, 15) is 4.79 Å². The minimum atomic E-state index is -0.0708. The van der Waals surface area contributed by atoms with Gasteiger partial charge in [0.1, 0.15) is 0 Å². The van der Waals surface area contributed by atoms with E-state index in [1.807, 2.05) is 13.8 Å². The van der Waals surface area contributed by atoms with Crippen molar-refractivity contribution in [1.29, 1.82) is 0 Å². The van der Waals surface area contributed by atoms with E-state index in [-0.39, 0.29) is 11.2 Å². The standard InChI is InChI=1S/C13H26O2S/c1-4-6-7-8-9-10-11-16-12(3)13(14)15-5-2/h12H,4-11H2,1-3H3/t12-/m1/s1. The van der Waals surface area contributed by atoms with E-state index in [1.165, 1.54) is 38.5 Å². The molecule has 0 bridgehead atoms. The summed E-state index contributed by atoms with van der Waals surface area (Å²) in [5.74, 6) is 1.00. The Morgan fingerprint density at radius 1 is 1.12 bits per heavy atom. The van der Waals surface area contributed by atoms with Gasteiger partial charge < -0.3 is 4.74 Å². The second-order valence-electron chi connectivity index (χ2n) is 4.03. The van der Waals surface area contributed by atoms with Gasteiger partial charge in [-0.15, -0.1) is 11.8 Å². The summed E-state index contributed by atoms with van der Waals surface area (Å²) in [6.45, 7) is 6.50. The largest absolute Gasteiger partial charge is 0.465 e. The van der Waals surface area contributed by atoms with Crippen LogP contribution in [0.1, 0.15) is 59.3 Å². The number of carbonyl (C=O) groups excluding carboxylic acids is 1. The first kappa shape index (κ1) is 15.8. The Labute approximate surface area is 105 Å². The van der Waals surface area contributed by atoms with Crippen LogP contribution in [0, 0.1) is 0 Å². The molecule has 0 aliphatic carbocycles. The van der Waals surface area contributed by atoms with Crippen LogP contribution in [-0.4, -0.2) is 23.6 Å². The van der Waals surface area contributed by atoms with Crippen molar-refractivity contribution in [1.82, 2.24) is 0 Å². The molecule has 96 valence electrons. The van der Waals surface area contributed by atoms with E-state index in [1.54, 1.807) is 11.8 Å². The van der Waals surface area contributed by atoms with Crippen LogP contribution in [0.5, 0.6) is 0 Å². The molecule has 2 nitrogen and oxygen atoms in total. The first-order valence-electron chi connectivity index (χ1n) is 6.50. The molecule has 0 N–H and O–H groups in total. The van der Waals surface area contributed by atoms with Gasteiger partial charge in [-0.1, -0.05) is 39.0 Å². The first-order valence-corrected chi connectivity index (χ1v) is 7.55. The van der Waals surface area contributed by atoms with E-state index >= 15 is 0 Å². The van der Waals surface area contributed by atoms with Crippen molar-refractivity contribution in [3.63, 3.8) is 0 Å². The predicted octanol–water partition coefficient (Wildman–Crippen LogP) is 4.03. The van der Waals surface area contributed by atoms with E-state index in [0.717, 1.165) is 5.75 Å². The first-order chi connectivity index (χ1) is 7.72. The molecular formula is C13H26O2S. The monoisotopic (exact) mass is 246 g/mol. The van der Waals surface area contributed by atoms with Gasteiger partial charge in [-0.05, 0) is 26.0 Å². The number of rotatable bonds is 10. The lowest BCUT2D eigenvalue weighted by Crippen LogP contribution is -2.17. The minimum absolute atomic E-state index is 0.00408. The van der Waals surface area contributed by atoms with Crippen LogP contribution in [0.2, 0.25) is 0 Å². The molecule has 0 spiro atoms. The zero-order valence-corrected chi connectivity index (χ0v) is 11.8. The average Bonchev–Trinajstić information content (AvgIpc) is 2.28. The van der Waals surface area contributed by atoms with Crippen molar-refractivity contribution in [3.05, 3.63) is 0 Å². The Kier molecular flexibility index (Phi) is 11.2. The van der Waals surface area contributed by atoms with E-state index in [4.69, 9.17) is 4.74 Å². The summed E-state index contributed by atoms with van der Waals surface area (Å²) in [4.78, 5) is 11.3. The smallest absolute Gasteiger partial charge is 0.318 e. The summed E-state index contributed by atoms with van der Waals surface area (Å²) in [5.41, 5.74) is 0. The molecule has 3 heteroatoms. The molecule has 0 radical (unpaired) electrons. The van der Waals surface area contributed by atoms with E-state index < -0.39 is 0 Å². The SMILES string of the molecule is CCCCCCCCS[C@H](C)C(=O)OCC. The number of esters is 1. The molecule has 0 unspecified atom stereocenters. The van der Waals surface area contributed by atoms with Crippen LogP contribution >= 0.6 is 11.8 Å². The summed E-state index contributed by atoms with van der Waals surface area (Å²) >= 11 is 1.71. The molecule has 1 atom stereocenters. The van der Waals surface area contributed by atoms with Crippen LogP contribution in [0.15, 0.2) is 0 Å². The Bertz CT molecular complexity index is 171. The highest BCUT2D eigenvalue weighted by Gasteiger charge is 2.13. The molecule has 0 rings (SSSR count). The summed E-state index contributed by atoms with van der Waals surface area (Å²) in [6.07, 6.45) is 7.86. The highest BCUT2D eigenvalue weighted by molar-refractivity contribution is 8.00. The van der Waals surface area contributed by atoms with Gasteiger partial charge in [0.15, 0.2) is 0 Å². The third-order valence-electron chi connectivity index (χ3n) is 2.48. The zero-order chi connectivity index (χ0) is 12.2. The topological polar surface area (TPSA) is 26.3 Å². The van der Waals surface area contributed by atoms with E-state index in [2.05, 4.69) is 6.92 Å². The molecule has 0 saturated carbocycles. The lowest BCUT2D eigenvalue weighted by Gasteiger charge is -2.09. The van der Waals surface area contributed by atoms with Crippen molar-refractivity contribution in [2.75, 3.05) is 12.4 Å². The van der Waals surface area contributed by atoms with Gasteiger partial charge in [0, 0.05) is 0 Å². The van der Waals surface area contributed by atoms with Crippen LogP contribution in [0.4, 0.5) is 0 Å². The summed E-state index contributed by atoms with van der Waals surface area (Å²) in [5, 5.41) is -0.00408. The van der Waals surface area contributed by atoms with Gasteiger partial charge in [0.05, 0.1) is 11.9 Å². The van der Waals surface area contributed by atoms with Crippen LogP contribution in [-0.2, 0) is 9.53 Å². The Hall–Kier alpha value is -0.180. The molecule has 0 fully saturated rings. The van der Waals surface area contributed by atoms with Gasteiger partial charge in [-0.25, -0.2) is 0 Å². The fourth-order valence-electron chi connectivity index (χ4n) is 1.47. The highest BCUT2D eigenvalue weighted by Crippen LogP contribution is 2.15. The molecule has 0 heterocycles. The number of ether oxygens (including phenoxy) is 1. The number of carbonyl (C=O) groups is 1. The summed E-state index contributed by atoms with van der Waals surface area (Å²) in [7, 11) is 0. The van der Waals surface area contributed by atoms with Crippen LogP contribution in [0.3, 0.4) is 0 Å². The number of unbranched alkanes of at least 4 members (excludes halogenated alkanes) is 5. The van der Waals surface area contributed by atoms with Crippen molar-refractivity contribution < 1.29 is 9.53 Å². The number of hydrogen-bond donors (Lipinski definition) is 0. The Morgan fingerprint density at radius 2 is 1.75 bits per heavy atom. The van der Waals surface area contributed by atoms with Crippen molar-refractivity contribution >= 4 is 17.7 Å². The molecule has 0 aliphatic heterocycles. The van der Waals surface area contributed by atoms with Crippen LogP contribution < -0.4 is 0 Å². The molecule has 16 heavy (non-hydrogen) atoms. The van der Waals surface area contributed by atoms with Gasteiger partial charge in [0.25, 0.3) is 0 Å². The molecule has 0 aromatic carbocycles. The third-order valence-corrected chi connectivity index (χ3v) is 3.70. The summed E-state index contributed by atoms with van der Waals surface area (Å²) in [6, 6.07) is 0. The van der Waals surface area contributed by atoms with Crippen LogP contribution in [0.25, 0.3) is 0 Å². The second kappa shape index (κ2) is 11.3. The zero-order valence-electron chi connectivity index (χ0n) is 11.0. The maximum absolute atomic E-state index is 11.3. The van der Waals surface area contributed by atoms with Crippen molar-refractivity contribution in [2.24, 2.45) is 0 Å². The number of hydrogen-bond acceptors (Lipinski definition) is 3.